The number of aryl methyl sites for hydroxylation is 2. The van der Waals surface area contributed by atoms with Gasteiger partial charge in [-0.2, -0.15) is 0 Å². The van der Waals surface area contributed by atoms with Crippen molar-refractivity contribution in [1.29, 1.82) is 0 Å². The number of hydrogen-bond donors (Lipinski definition) is 2. The molecule has 0 aliphatic heterocycles. The van der Waals surface area contributed by atoms with Crippen LogP contribution < -0.4 is 10.6 Å². The minimum atomic E-state index is 0. The minimum absolute atomic E-state index is 0. The third-order valence-corrected chi connectivity index (χ3v) is 5.19. The van der Waals surface area contributed by atoms with Gasteiger partial charge in [0.1, 0.15) is 5.76 Å². The molecule has 26 heavy (non-hydrogen) atoms. The second-order valence-corrected chi connectivity index (χ2v) is 7.13. The Balaban J connectivity index is 0.00000243. The molecule has 0 radical (unpaired) electrons. The van der Waals surface area contributed by atoms with Gasteiger partial charge in [0, 0.05) is 36.1 Å². The molecule has 1 aromatic carbocycles. The number of aromatic nitrogens is 1. The fourth-order valence-electron chi connectivity index (χ4n) is 3.17. The lowest BCUT2D eigenvalue weighted by molar-refractivity contribution is 0.392. The van der Waals surface area contributed by atoms with E-state index in [-0.39, 0.29) is 29.4 Å². The molecule has 142 valence electrons. The van der Waals surface area contributed by atoms with Gasteiger partial charge in [0.2, 0.25) is 0 Å². The fourth-order valence-corrected chi connectivity index (χ4v) is 3.37. The average molecular weight is 489 g/mol. The normalized spacial score (nSPS) is 15.3. The summed E-state index contributed by atoms with van der Waals surface area (Å²) in [7, 11) is 1.80. The minimum Gasteiger partial charge on any atom is -0.361 e. The summed E-state index contributed by atoms with van der Waals surface area (Å²) in [5.74, 6) is 1.71. The van der Waals surface area contributed by atoms with Crippen LogP contribution in [0.5, 0.6) is 0 Å². The van der Waals surface area contributed by atoms with Gasteiger partial charge in [-0.3, -0.25) is 4.99 Å². The lowest BCUT2D eigenvalue weighted by Crippen LogP contribution is -2.42. The van der Waals surface area contributed by atoms with E-state index in [1.807, 2.05) is 26.0 Å². The molecule has 3 rings (SSSR count). The lowest BCUT2D eigenvalue weighted by atomic mass is 9.96. The molecule has 0 bridgehead atoms. The van der Waals surface area contributed by atoms with E-state index in [0.717, 1.165) is 41.9 Å². The Morgan fingerprint density at radius 2 is 2.08 bits per heavy atom. The van der Waals surface area contributed by atoms with Gasteiger partial charge in [0.15, 0.2) is 5.96 Å². The number of benzene rings is 1. The van der Waals surface area contributed by atoms with Crippen molar-refractivity contribution in [3.8, 4) is 0 Å². The van der Waals surface area contributed by atoms with E-state index in [0.29, 0.717) is 0 Å². The van der Waals surface area contributed by atoms with E-state index in [2.05, 4.69) is 32.9 Å². The van der Waals surface area contributed by atoms with Gasteiger partial charge in [-0.1, -0.05) is 28.9 Å². The fraction of sp³-hybridized carbons (Fsp3) is 0.474. The third-order valence-electron chi connectivity index (χ3n) is 4.96. The summed E-state index contributed by atoms with van der Waals surface area (Å²) in [4.78, 5) is 4.32. The molecular formula is C19H26ClIN4O. The molecule has 1 saturated carbocycles. The molecule has 1 heterocycles. The number of nitrogens with one attached hydrogen (secondary N) is 2. The first-order valence-corrected chi connectivity index (χ1v) is 9.04. The SMILES string of the molecule is CN=C(NCCc1c(C)noc1C)NCC1(c2cccc(Cl)c2)CC1.I. The lowest BCUT2D eigenvalue weighted by Gasteiger charge is -2.19. The number of halogens is 2. The van der Waals surface area contributed by atoms with Crippen LogP contribution in [0, 0.1) is 13.8 Å². The molecule has 1 aromatic heterocycles. The first-order chi connectivity index (χ1) is 12.0. The van der Waals surface area contributed by atoms with Gasteiger partial charge < -0.3 is 15.2 Å². The maximum absolute atomic E-state index is 6.14. The van der Waals surface area contributed by atoms with Crippen LogP contribution in [0.15, 0.2) is 33.8 Å². The van der Waals surface area contributed by atoms with Gasteiger partial charge in [-0.25, -0.2) is 0 Å². The van der Waals surface area contributed by atoms with Crippen molar-refractivity contribution in [1.82, 2.24) is 15.8 Å². The van der Waals surface area contributed by atoms with E-state index in [1.165, 1.54) is 24.0 Å². The van der Waals surface area contributed by atoms with Crippen molar-refractivity contribution in [2.45, 2.75) is 38.5 Å². The Morgan fingerprint density at radius 3 is 2.65 bits per heavy atom. The summed E-state index contributed by atoms with van der Waals surface area (Å²) in [6, 6.07) is 8.18. The Labute approximate surface area is 177 Å². The number of rotatable bonds is 6. The van der Waals surface area contributed by atoms with Gasteiger partial charge in [-0.15, -0.1) is 24.0 Å². The average Bonchev–Trinajstić information content (AvgIpc) is 3.33. The predicted octanol–water partition coefficient (Wildman–Crippen LogP) is 4.00. The van der Waals surface area contributed by atoms with Crippen LogP contribution in [0.25, 0.3) is 0 Å². The summed E-state index contributed by atoms with van der Waals surface area (Å²) in [6.45, 7) is 5.57. The Kier molecular flexibility index (Phi) is 7.34. The summed E-state index contributed by atoms with van der Waals surface area (Å²) >= 11 is 6.14. The van der Waals surface area contributed by atoms with Gasteiger partial charge in [0.25, 0.3) is 0 Å². The molecule has 5 nitrogen and oxygen atoms in total. The zero-order valence-electron chi connectivity index (χ0n) is 15.4. The zero-order chi connectivity index (χ0) is 17.9. The largest absolute Gasteiger partial charge is 0.361 e. The third kappa shape index (κ3) is 4.91. The van der Waals surface area contributed by atoms with Crippen LogP contribution in [0.2, 0.25) is 5.02 Å². The van der Waals surface area contributed by atoms with Crippen molar-refractivity contribution in [2.24, 2.45) is 4.99 Å². The monoisotopic (exact) mass is 488 g/mol. The molecule has 0 saturated heterocycles. The zero-order valence-corrected chi connectivity index (χ0v) is 18.5. The van der Waals surface area contributed by atoms with Gasteiger partial charge >= 0.3 is 0 Å². The highest BCUT2D eigenvalue weighted by atomic mass is 127. The van der Waals surface area contributed by atoms with Crippen molar-refractivity contribution >= 4 is 41.5 Å². The Morgan fingerprint density at radius 1 is 1.31 bits per heavy atom. The highest BCUT2D eigenvalue weighted by molar-refractivity contribution is 14.0. The van der Waals surface area contributed by atoms with Crippen molar-refractivity contribution < 1.29 is 4.52 Å². The molecular weight excluding hydrogens is 463 g/mol. The van der Waals surface area contributed by atoms with Crippen LogP contribution >= 0.6 is 35.6 Å². The predicted molar refractivity (Wildman–Crippen MR) is 117 cm³/mol. The molecule has 7 heteroatoms. The first kappa shape index (κ1) is 21.0. The molecule has 0 spiro atoms. The second-order valence-electron chi connectivity index (χ2n) is 6.70. The molecule has 2 aromatic rings. The maximum Gasteiger partial charge on any atom is 0.191 e. The van der Waals surface area contributed by atoms with Crippen molar-refractivity contribution in [3.05, 3.63) is 51.9 Å². The highest BCUT2D eigenvalue weighted by Gasteiger charge is 2.44. The van der Waals surface area contributed by atoms with Crippen LogP contribution in [0.4, 0.5) is 0 Å². The molecule has 2 N–H and O–H groups in total. The smallest absolute Gasteiger partial charge is 0.191 e. The van der Waals surface area contributed by atoms with Crippen molar-refractivity contribution in [3.63, 3.8) is 0 Å². The molecule has 0 atom stereocenters. The topological polar surface area (TPSA) is 62.5 Å². The van der Waals surface area contributed by atoms with Gasteiger partial charge in [0.05, 0.1) is 5.69 Å². The molecule has 1 fully saturated rings. The Bertz CT molecular complexity index is 751. The number of aliphatic imine (C=N–C) groups is 1. The summed E-state index contributed by atoms with van der Waals surface area (Å²) < 4.78 is 5.20. The van der Waals surface area contributed by atoms with E-state index in [4.69, 9.17) is 16.1 Å². The molecule has 1 aliphatic rings. The van der Waals surface area contributed by atoms with E-state index in [9.17, 15) is 0 Å². The summed E-state index contributed by atoms with van der Waals surface area (Å²) in [5, 5.41) is 11.6. The highest BCUT2D eigenvalue weighted by Crippen LogP contribution is 2.48. The van der Waals surface area contributed by atoms with Crippen LogP contribution in [0.3, 0.4) is 0 Å². The maximum atomic E-state index is 6.14. The Hall–Kier alpha value is -1.28. The summed E-state index contributed by atoms with van der Waals surface area (Å²) in [5.41, 5.74) is 3.61. The number of nitrogens with zero attached hydrogens (tertiary/aromatic N) is 2. The molecule has 1 aliphatic carbocycles. The quantitative estimate of drug-likeness (QED) is 0.366. The second kappa shape index (κ2) is 9.08. The molecule has 0 amide bonds. The van der Waals surface area contributed by atoms with E-state index >= 15 is 0 Å². The van der Waals surface area contributed by atoms with Crippen LogP contribution in [0.1, 0.15) is 35.4 Å². The number of guanidine groups is 1. The van der Waals surface area contributed by atoms with Crippen LogP contribution in [-0.2, 0) is 11.8 Å². The first-order valence-electron chi connectivity index (χ1n) is 8.66. The van der Waals surface area contributed by atoms with E-state index in [1.54, 1.807) is 7.05 Å². The van der Waals surface area contributed by atoms with E-state index < -0.39 is 0 Å². The van der Waals surface area contributed by atoms with Gasteiger partial charge in [-0.05, 0) is 50.8 Å². The van der Waals surface area contributed by atoms with Crippen LogP contribution in [-0.4, -0.2) is 31.3 Å². The van der Waals surface area contributed by atoms with Crippen molar-refractivity contribution in [2.75, 3.05) is 20.1 Å². The summed E-state index contributed by atoms with van der Waals surface area (Å²) in [6.07, 6.45) is 3.22. The standard InChI is InChI=1S/C19H25ClN4O.HI/c1-13-17(14(2)25-24-13)7-10-22-18(21-3)23-12-19(8-9-19)15-5-4-6-16(20)11-15;/h4-6,11H,7-10,12H2,1-3H3,(H2,21,22,23);1H. The molecule has 0 unspecified atom stereocenters. The number of hydrogen-bond acceptors (Lipinski definition) is 3.